The fourth-order valence-corrected chi connectivity index (χ4v) is 1.69. The van der Waals surface area contributed by atoms with Gasteiger partial charge in [0, 0.05) is 13.2 Å². The summed E-state index contributed by atoms with van der Waals surface area (Å²) in [6.07, 6.45) is 0.259. The van der Waals surface area contributed by atoms with Crippen LogP contribution in [0.15, 0.2) is 12.3 Å². The molecular formula is C10H12N4O3. The van der Waals surface area contributed by atoms with Gasteiger partial charge in [-0.1, -0.05) is 0 Å². The van der Waals surface area contributed by atoms with Crippen molar-refractivity contribution in [3.8, 4) is 0 Å². The Labute approximate surface area is 97.2 Å². The maximum Gasteiger partial charge on any atom is 0.261 e. The van der Waals surface area contributed by atoms with Crippen molar-refractivity contribution in [1.29, 1.82) is 0 Å². The predicted octanol–water partition coefficient (Wildman–Crippen LogP) is -1.12. The number of aromatic nitrogens is 1. The van der Waals surface area contributed by atoms with Crippen LogP contribution in [0.4, 0.5) is 5.69 Å². The number of nitrogens with one attached hydrogen (secondary N) is 1. The molecule has 1 aliphatic heterocycles. The monoisotopic (exact) mass is 236 g/mol. The number of rotatable bonds is 2. The first kappa shape index (κ1) is 11.3. The first-order chi connectivity index (χ1) is 8.00. The lowest BCUT2D eigenvalue weighted by molar-refractivity contribution is -0.117. The molecular weight excluding hydrogens is 224 g/mol. The Morgan fingerprint density at radius 2 is 2.41 bits per heavy atom. The topological polar surface area (TPSA) is 109 Å². The molecule has 0 saturated heterocycles. The molecule has 0 aliphatic carbocycles. The molecule has 0 fully saturated rings. The summed E-state index contributed by atoms with van der Waals surface area (Å²) in [7, 11) is 1.45. The van der Waals surface area contributed by atoms with Crippen molar-refractivity contribution in [1.82, 2.24) is 9.88 Å². The second-order valence-corrected chi connectivity index (χ2v) is 3.76. The SMILES string of the molecule is CN1C(=O)c2c(ccnc2CC(N)=O)NC1O. The lowest BCUT2D eigenvalue weighted by Gasteiger charge is -2.32. The third kappa shape index (κ3) is 1.92. The van der Waals surface area contributed by atoms with Gasteiger partial charge in [-0.05, 0) is 6.07 Å². The Bertz CT molecular complexity index is 488. The second-order valence-electron chi connectivity index (χ2n) is 3.76. The molecule has 0 radical (unpaired) electrons. The number of amides is 2. The summed E-state index contributed by atoms with van der Waals surface area (Å²) >= 11 is 0. The summed E-state index contributed by atoms with van der Waals surface area (Å²) in [5.41, 5.74) is 6.13. The summed E-state index contributed by atoms with van der Waals surface area (Å²) in [6, 6.07) is 1.56. The van der Waals surface area contributed by atoms with Gasteiger partial charge in [-0.3, -0.25) is 19.5 Å². The molecule has 2 rings (SSSR count). The summed E-state index contributed by atoms with van der Waals surface area (Å²) in [5, 5.41) is 12.3. The molecule has 2 heterocycles. The molecule has 1 unspecified atom stereocenters. The maximum atomic E-state index is 12.0. The summed E-state index contributed by atoms with van der Waals surface area (Å²) in [6.45, 7) is 0. The highest BCUT2D eigenvalue weighted by Gasteiger charge is 2.30. The highest BCUT2D eigenvalue weighted by Crippen LogP contribution is 2.25. The van der Waals surface area contributed by atoms with E-state index in [4.69, 9.17) is 5.73 Å². The number of aliphatic hydroxyl groups excluding tert-OH is 1. The normalized spacial score (nSPS) is 18.6. The fraction of sp³-hybridized carbons (Fsp3) is 0.300. The van der Waals surface area contributed by atoms with Crippen LogP contribution in [0.2, 0.25) is 0 Å². The zero-order valence-electron chi connectivity index (χ0n) is 9.17. The third-order valence-corrected chi connectivity index (χ3v) is 2.56. The minimum absolute atomic E-state index is 0.111. The van der Waals surface area contributed by atoms with Crippen molar-refractivity contribution in [2.75, 3.05) is 12.4 Å². The van der Waals surface area contributed by atoms with Gasteiger partial charge in [-0.15, -0.1) is 0 Å². The van der Waals surface area contributed by atoms with E-state index in [2.05, 4.69) is 10.3 Å². The number of aliphatic hydroxyl groups is 1. The van der Waals surface area contributed by atoms with Crippen molar-refractivity contribution in [3.63, 3.8) is 0 Å². The van der Waals surface area contributed by atoms with E-state index in [1.807, 2.05) is 0 Å². The van der Waals surface area contributed by atoms with E-state index in [0.717, 1.165) is 4.90 Å². The van der Waals surface area contributed by atoms with Crippen LogP contribution in [-0.4, -0.2) is 40.2 Å². The molecule has 1 aromatic heterocycles. The molecule has 1 atom stereocenters. The number of fused-ring (bicyclic) bond motifs is 1. The van der Waals surface area contributed by atoms with Crippen LogP contribution in [0.5, 0.6) is 0 Å². The number of hydrogen-bond donors (Lipinski definition) is 3. The first-order valence-electron chi connectivity index (χ1n) is 4.98. The molecule has 1 aliphatic rings. The van der Waals surface area contributed by atoms with Crippen LogP contribution in [-0.2, 0) is 11.2 Å². The van der Waals surface area contributed by atoms with Crippen molar-refractivity contribution < 1.29 is 14.7 Å². The van der Waals surface area contributed by atoms with Crippen molar-refractivity contribution in [3.05, 3.63) is 23.5 Å². The smallest absolute Gasteiger partial charge is 0.261 e. The molecule has 4 N–H and O–H groups in total. The summed E-state index contributed by atoms with van der Waals surface area (Å²) in [4.78, 5) is 27.9. The number of nitrogens with zero attached hydrogens (tertiary/aromatic N) is 2. The summed E-state index contributed by atoms with van der Waals surface area (Å²) in [5.74, 6) is -0.955. The second kappa shape index (κ2) is 4.02. The van der Waals surface area contributed by atoms with Crippen LogP contribution in [0, 0.1) is 0 Å². The van der Waals surface area contributed by atoms with Gasteiger partial charge in [0.05, 0.1) is 23.4 Å². The number of nitrogens with two attached hydrogens (primary N) is 1. The van der Waals surface area contributed by atoms with Gasteiger partial charge in [0.15, 0.2) is 0 Å². The van der Waals surface area contributed by atoms with Crippen LogP contribution in [0.25, 0.3) is 0 Å². The molecule has 7 heteroatoms. The zero-order chi connectivity index (χ0) is 12.6. The lowest BCUT2D eigenvalue weighted by Crippen LogP contribution is -2.46. The van der Waals surface area contributed by atoms with E-state index in [0.29, 0.717) is 11.4 Å². The highest BCUT2D eigenvalue weighted by molar-refractivity contribution is 6.03. The molecule has 7 nitrogen and oxygen atoms in total. The van der Waals surface area contributed by atoms with Gasteiger partial charge in [-0.2, -0.15) is 0 Å². The fourth-order valence-electron chi connectivity index (χ4n) is 1.69. The number of primary amides is 1. The van der Waals surface area contributed by atoms with Crippen LogP contribution in [0.1, 0.15) is 16.1 Å². The Kier molecular flexibility index (Phi) is 2.68. The van der Waals surface area contributed by atoms with Crippen LogP contribution in [0.3, 0.4) is 0 Å². The molecule has 17 heavy (non-hydrogen) atoms. The van der Waals surface area contributed by atoms with E-state index < -0.39 is 18.2 Å². The first-order valence-corrected chi connectivity index (χ1v) is 4.98. The standard InChI is InChI=1S/C10H12N4O3/c1-14-9(16)8-5(13-10(14)17)2-3-12-6(8)4-7(11)15/h2-3,10,13,17H,4H2,1H3,(H2,11,15). The largest absolute Gasteiger partial charge is 0.369 e. The number of hydrogen-bond acceptors (Lipinski definition) is 5. The van der Waals surface area contributed by atoms with Crippen LogP contribution < -0.4 is 11.1 Å². The number of carbonyl (C=O) groups excluding carboxylic acids is 2. The van der Waals surface area contributed by atoms with Gasteiger partial charge in [0.2, 0.25) is 12.3 Å². The Hall–Kier alpha value is -2.15. The predicted molar refractivity (Wildman–Crippen MR) is 58.9 cm³/mol. The molecule has 1 aromatic rings. The Morgan fingerprint density at radius 1 is 1.71 bits per heavy atom. The average Bonchev–Trinajstić information content (AvgIpc) is 2.25. The third-order valence-electron chi connectivity index (χ3n) is 2.56. The molecule has 90 valence electrons. The minimum Gasteiger partial charge on any atom is -0.369 e. The molecule has 0 bridgehead atoms. The Balaban J connectivity index is 2.50. The van der Waals surface area contributed by atoms with Gasteiger partial charge in [-0.25, -0.2) is 0 Å². The van der Waals surface area contributed by atoms with E-state index in [-0.39, 0.29) is 12.0 Å². The number of anilines is 1. The van der Waals surface area contributed by atoms with E-state index in [1.165, 1.54) is 13.2 Å². The Morgan fingerprint density at radius 3 is 3.06 bits per heavy atom. The number of pyridine rings is 1. The lowest BCUT2D eigenvalue weighted by atomic mass is 10.1. The summed E-state index contributed by atoms with van der Waals surface area (Å²) < 4.78 is 0. The quantitative estimate of drug-likeness (QED) is 0.603. The molecule has 0 saturated carbocycles. The van der Waals surface area contributed by atoms with Gasteiger partial charge in [0.25, 0.3) is 5.91 Å². The average molecular weight is 236 g/mol. The molecule has 0 aromatic carbocycles. The van der Waals surface area contributed by atoms with Crippen molar-refractivity contribution in [2.45, 2.75) is 12.8 Å². The van der Waals surface area contributed by atoms with Crippen molar-refractivity contribution in [2.24, 2.45) is 5.73 Å². The molecule has 0 spiro atoms. The van der Waals surface area contributed by atoms with E-state index >= 15 is 0 Å². The van der Waals surface area contributed by atoms with Gasteiger partial charge in [0.1, 0.15) is 0 Å². The maximum absolute atomic E-state index is 12.0. The van der Waals surface area contributed by atoms with Gasteiger partial charge >= 0.3 is 0 Å². The van der Waals surface area contributed by atoms with Crippen LogP contribution >= 0.6 is 0 Å². The number of carbonyl (C=O) groups is 2. The highest BCUT2D eigenvalue weighted by atomic mass is 16.3. The van der Waals surface area contributed by atoms with Gasteiger partial charge < -0.3 is 16.2 Å². The molecule has 2 amide bonds. The minimum atomic E-state index is -1.08. The van der Waals surface area contributed by atoms with E-state index in [1.54, 1.807) is 6.07 Å². The van der Waals surface area contributed by atoms with E-state index in [9.17, 15) is 14.7 Å². The zero-order valence-corrected chi connectivity index (χ0v) is 9.17. The van der Waals surface area contributed by atoms with Crippen molar-refractivity contribution >= 4 is 17.5 Å².